The summed E-state index contributed by atoms with van der Waals surface area (Å²) in [5.74, 6) is -0.346. The molecule has 180 valence electrons. The number of imide groups is 1. The van der Waals surface area contributed by atoms with Gasteiger partial charge < -0.3 is 9.47 Å². The van der Waals surface area contributed by atoms with Crippen LogP contribution in [0.25, 0.3) is 10.8 Å². The molecule has 0 saturated heterocycles. The first-order valence-corrected chi connectivity index (χ1v) is 11.7. The smallest absolute Gasteiger partial charge is 0.320 e. The van der Waals surface area contributed by atoms with Crippen LogP contribution in [0.1, 0.15) is 45.7 Å². The second kappa shape index (κ2) is 8.96. The molecule has 4 aromatic rings. The van der Waals surface area contributed by atoms with Crippen molar-refractivity contribution in [2.45, 2.75) is 19.3 Å². The van der Waals surface area contributed by atoms with Gasteiger partial charge in [0.1, 0.15) is 11.2 Å². The molecule has 6 nitrogen and oxygen atoms in total. The van der Waals surface area contributed by atoms with E-state index in [1.807, 2.05) is 43.3 Å². The first kappa shape index (κ1) is 23.3. The highest BCUT2D eigenvalue weighted by atomic mass is 16.5. The number of methoxy groups -OCH3 is 1. The molecule has 0 saturated carbocycles. The summed E-state index contributed by atoms with van der Waals surface area (Å²) in [7, 11) is 1.62. The minimum atomic E-state index is -1.11. The van der Waals surface area contributed by atoms with Crippen LogP contribution in [0.4, 0.5) is 5.69 Å². The van der Waals surface area contributed by atoms with Gasteiger partial charge >= 0.3 is 5.97 Å². The van der Waals surface area contributed by atoms with E-state index in [1.165, 1.54) is 4.90 Å². The molecule has 1 unspecified atom stereocenters. The largest absolute Gasteiger partial charge is 0.497 e. The molecule has 2 amide bonds. The van der Waals surface area contributed by atoms with Gasteiger partial charge in [-0.2, -0.15) is 0 Å². The minimum absolute atomic E-state index is 0.242. The highest BCUT2D eigenvalue weighted by molar-refractivity contribution is 6.34. The Morgan fingerprint density at radius 1 is 0.806 bits per heavy atom. The van der Waals surface area contributed by atoms with Crippen LogP contribution >= 0.6 is 0 Å². The summed E-state index contributed by atoms with van der Waals surface area (Å²) in [6.45, 7) is 3.84. The molecule has 0 bridgehead atoms. The second-order valence-corrected chi connectivity index (χ2v) is 8.81. The van der Waals surface area contributed by atoms with Crippen molar-refractivity contribution in [3.63, 3.8) is 0 Å². The van der Waals surface area contributed by atoms with Gasteiger partial charge in [-0.05, 0) is 78.2 Å². The lowest BCUT2D eigenvalue weighted by Crippen LogP contribution is -2.36. The van der Waals surface area contributed by atoms with Gasteiger partial charge in [0.25, 0.3) is 11.8 Å². The number of anilines is 1. The fourth-order valence-electron chi connectivity index (χ4n) is 4.71. The first-order chi connectivity index (χ1) is 17.4. The lowest BCUT2D eigenvalue weighted by molar-refractivity contribution is -0.147. The van der Waals surface area contributed by atoms with Crippen LogP contribution in [-0.4, -0.2) is 31.5 Å². The predicted octanol–water partition coefficient (Wildman–Crippen LogP) is 5.52. The topological polar surface area (TPSA) is 72.9 Å². The maximum atomic E-state index is 13.3. The Kier molecular flexibility index (Phi) is 5.80. The van der Waals surface area contributed by atoms with Crippen LogP contribution in [0.2, 0.25) is 0 Å². The molecule has 1 aliphatic heterocycles. The van der Waals surface area contributed by atoms with Gasteiger partial charge in [-0.3, -0.25) is 14.4 Å². The maximum Gasteiger partial charge on any atom is 0.320 e. The molecule has 5 rings (SSSR count). The summed E-state index contributed by atoms with van der Waals surface area (Å²) in [6.07, 6.45) is 0. The Hall–Kier alpha value is -4.45. The maximum absolute atomic E-state index is 13.3. The van der Waals surface area contributed by atoms with Crippen LogP contribution < -0.4 is 9.64 Å². The van der Waals surface area contributed by atoms with E-state index in [-0.39, 0.29) is 24.4 Å². The lowest BCUT2D eigenvalue weighted by atomic mass is 9.75. The van der Waals surface area contributed by atoms with Crippen molar-refractivity contribution in [2.75, 3.05) is 18.6 Å². The molecule has 0 N–H and O–H groups in total. The number of esters is 1. The van der Waals surface area contributed by atoms with E-state index in [0.717, 1.165) is 22.1 Å². The van der Waals surface area contributed by atoms with Crippen molar-refractivity contribution in [3.05, 3.63) is 107 Å². The monoisotopic (exact) mass is 479 g/mol. The van der Waals surface area contributed by atoms with Gasteiger partial charge in [0.05, 0.1) is 30.5 Å². The molecule has 1 heterocycles. The van der Waals surface area contributed by atoms with Crippen LogP contribution in [0.5, 0.6) is 5.75 Å². The lowest BCUT2D eigenvalue weighted by Gasteiger charge is -2.29. The summed E-state index contributed by atoms with van der Waals surface area (Å²) >= 11 is 0. The van der Waals surface area contributed by atoms with E-state index >= 15 is 0 Å². The summed E-state index contributed by atoms with van der Waals surface area (Å²) in [5.41, 5.74) is 1.57. The average molecular weight is 480 g/mol. The third kappa shape index (κ3) is 3.62. The van der Waals surface area contributed by atoms with E-state index in [2.05, 4.69) is 0 Å². The zero-order valence-electron chi connectivity index (χ0n) is 20.3. The molecule has 6 heteroatoms. The predicted molar refractivity (Wildman–Crippen MR) is 138 cm³/mol. The molecule has 0 aliphatic carbocycles. The number of carbonyl (C=O) groups is 3. The number of fused-ring (bicyclic) bond motifs is 2. The molecule has 0 radical (unpaired) electrons. The normalized spacial score (nSPS) is 14.5. The molecule has 4 aromatic carbocycles. The van der Waals surface area contributed by atoms with Crippen molar-refractivity contribution in [3.8, 4) is 5.75 Å². The van der Waals surface area contributed by atoms with Crippen LogP contribution in [0, 0.1) is 0 Å². The van der Waals surface area contributed by atoms with Gasteiger partial charge in [0.2, 0.25) is 0 Å². The summed E-state index contributed by atoms with van der Waals surface area (Å²) in [6, 6.07) is 25.3. The summed E-state index contributed by atoms with van der Waals surface area (Å²) < 4.78 is 10.8. The number of carbonyl (C=O) groups excluding carboxylic acids is 3. The molecular weight excluding hydrogens is 454 g/mol. The number of hydrogen-bond donors (Lipinski definition) is 0. The quantitative estimate of drug-likeness (QED) is 0.269. The van der Waals surface area contributed by atoms with E-state index in [0.29, 0.717) is 22.4 Å². The average Bonchev–Trinajstić information content (AvgIpc) is 3.17. The van der Waals surface area contributed by atoms with E-state index in [1.54, 1.807) is 62.6 Å². The molecular formula is C30H25NO5. The van der Waals surface area contributed by atoms with Gasteiger partial charge in [0, 0.05) is 0 Å². The van der Waals surface area contributed by atoms with E-state index in [9.17, 15) is 14.4 Å². The molecule has 0 aromatic heterocycles. The van der Waals surface area contributed by atoms with Crippen molar-refractivity contribution in [1.29, 1.82) is 0 Å². The third-order valence-corrected chi connectivity index (χ3v) is 6.81. The number of nitrogens with zero attached hydrogens (tertiary/aromatic N) is 1. The van der Waals surface area contributed by atoms with E-state index < -0.39 is 5.41 Å². The molecule has 36 heavy (non-hydrogen) atoms. The van der Waals surface area contributed by atoms with Gasteiger partial charge in [-0.1, -0.05) is 42.5 Å². The number of benzene rings is 4. The molecule has 0 fully saturated rings. The van der Waals surface area contributed by atoms with Gasteiger partial charge in [0.15, 0.2) is 0 Å². The molecule has 0 spiro atoms. The van der Waals surface area contributed by atoms with Crippen LogP contribution in [-0.2, 0) is 14.9 Å². The number of rotatable bonds is 6. The fourth-order valence-corrected chi connectivity index (χ4v) is 4.71. The molecule has 1 atom stereocenters. The van der Waals surface area contributed by atoms with Crippen molar-refractivity contribution < 1.29 is 23.9 Å². The Labute approximate surface area is 209 Å². The number of ether oxygens (including phenoxy) is 2. The standard InChI is InChI=1S/C30H25NO5/c1-4-36-29(34)30(2,22-11-9-20-18-24(35-3)16-10-19(20)17-22)21-12-14-23(15-13-21)31-27(32)25-7-5-6-8-26(25)28(31)33/h5-18H,4H2,1-3H3. The van der Waals surface area contributed by atoms with Crippen molar-refractivity contribution >= 4 is 34.2 Å². The van der Waals surface area contributed by atoms with Crippen LogP contribution in [0.3, 0.4) is 0 Å². The third-order valence-electron chi connectivity index (χ3n) is 6.81. The number of amides is 2. The summed E-state index contributed by atoms with van der Waals surface area (Å²) in [5, 5.41) is 1.96. The zero-order chi connectivity index (χ0) is 25.4. The SMILES string of the molecule is CCOC(=O)C(C)(c1ccc(N2C(=O)c3ccccc3C2=O)cc1)c1ccc2cc(OC)ccc2c1. The highest BCUT2D eigenvalue weighted by Crippen LogP contribution is 2.37. The second-order valence-electron chi connectivity index (χ2n) is 8.81. The van der Waals surface area contributed by atoms with Crippen molar-refractivity contribution in [1.82, 2.24) is 0 Å². The Morgan fingerprint density at radius 3 is 2.00 bits per heavy atom. The van der Waals surface area contributed by atoms with Gasteiger partial charge in [-0.15, -0.1) is 0 Å². The molecule has 1 aliphatic rings. The van der Waals surface area contributed by atoms with E-state index in [4.69, 9.17) is 9.47 Å². The Bertz CT molecular complexity index is 1470. The number of hydrogen-bond acceptors (Lipinski definition) is 5. The first-order valence-electron chi connectivity index (χ1n) is 11.7. The highest BCUT2D eigenvalue weighted by Gasteiger charge is 2.40. The van der Waals surface area contributed by atoms with Gasteiger partial charge in [-0.25, -0.2) is 4.90 Å². The Balaban J connectivity index is 1.55. The minimum Gasteiger partial charge on any atom is -0.497 e. The van der Waals surface area contributed by atoms with Crippen LogP contribution in [0.15, 0.2) is 84.9 Å². The Morgan fingerprint density at radius 2 is 1.39 bits per heavy atom. The van der Waals surface area contributed by atoms with Crippen molar-refractivity contribution in [2.24, 2.45) is 0 Å². The zero-order valence-corrected chi connectivity index (χ0v) is 20.3. The fraction of sp³-hybridized carbons (Fsp3) is 0.167. The summed E-state index contributed by atoms with van der Waals surface area (Å²) in [4.78, 5) is 40.3.